The van der Waals surface area contributed by atoms with E-state index in [9.17, 15) is 13.2 Å². The maximum absolute atomic E-state index is 12.4. The highest BCUT2D eigenvalue weighted by Gasteiger charge is 2.31. The van der Waals surface area contributed by atoms with Crippen molar-refractivity contribution in [3.8, 4) is 11.1 Å². The second kappa shape index (κ2) is 7.75. The standard InChI is InChI=1S/C19H23N3O4S/c1-21(2)27(25,26)22-10-4-7-17(13-22)18-9-8-16(12-20-18)14-5-3-6-15(11-14)19(23)24/h3,5-6,8-9,11-12,17H,4,7,10,13H2,1-2H3,(H,23,24). The van der Waals surface area contributed by atoms with Crippen molar-refractivity contribution in [1.29, 1.82) is 0 Å². The van der Waals surface area contributed by atoms with Crippen molar-refractivity contribution in [2.24, 2.45) is 0 Å². The smallest absolute Gasteiger partial charge is 0.335 e. The molecule has 0 saturated carbocycles. The first kappa shape index (κ1) is 19.5. The van der Waals surface area contributed by atoms with Crippen molar-refractivity contribution >= 4 is 16.2 Å². The number of carboxylic acid groups (broad SMARTS) is 1. The Kier molecular flexibility index (Phi) is 5.59. The van der Waals surface area contributed by atoms with E-state index in [1.165, 1.54) is 22.7 Å². The summed E-state index contributed by atoms with van der Waals surface area (Å²) in [6, 6.07) is 10.5. The SMILES string of the molecule is CN(C)S(=O)(=O)N1CCCC(c2ccc(-c3cccc(C(=O)O)c3)cn2)C1. The van der Waals surface area contributed by atoms with Gasteiger partial charge in [-0.1, -0.05) is 18.2 Å². The van der Waals surface area contributed by atoms with Gasteiger partial charge in [0.1, 0.15) is 0 Å². The number of aromatic carboxylic acids is 1. The molecule has 8 heteroatoms. The van der Waals surface area contributed by atoms with Crippen molar-refractivity contribution in [3.63, 3.8) is 0 Å². The number of carbonyl (C=O) groups is 1. The summed E-state index contributed by atoms with van der Waals surface area (Å²) in [5.74, 6) is -0.918. The third-order valence-corrected chi connectivity index (χ3v) is 6.73. The summed E-state index contributed by atoms with van der Waals surface area (Å²) in [6.45, 7) is 0.943. The van der Waals surface area contributed by atoms with Crippen LogP contribution in [0.3, 0.4) is 0 Å². The molecule has 3 rings (SSSR count). The lowest BCUT2D eigenvalue weighted by Gasteiger charge is -2.33. The van der Waals surface area contributed by atoms with Crippen LogP contribution >= 0.6 is 0 Å². The van der Waals surface area contributed by atoms with Gasteiger partial charge in [0.05, 0.1) is 5.56 Å². The molecular formula is C19H23N3O4S. The molecule has 2 aromatic rings. The predicted molar refractivity (Wildman–Crippen MR) is 103 cm³/mol. The van der Waals surface area contributed by atoms with Crippen LogP contribution in [-0.2, 0) is 10.2 Å². The number of benzene rings is 1. The van der Waals surface area contributed by atoms with Gasteiger partial charge in [-0.05, 0) is 36.6 Å². The molecule has 0 spiro atoms. The number of piperidine rings is 1. The minimum absolute atomic E-state index is 0.0490. The Labute approximate surface area is 159 Å². The Bertz CT molecular complexity index is 926. The summed E-state index contributed by atoms with van der Waals surface area (Å²) in [6.07, 6.45) is 3.40. The monoisotopic (exact) mass is 389 g/mol. The van der Waals surface area contributed by atoms with Crippen LogP contribution in [0.15, 0.2) is 42.6 Å². The zero-order valence-electron chi connectivity index (χ0n) is 15.4. The first-order chi connectivity index (χ1) is 12.8. The summed E-state index contributed by atoms with van der Waals surface area (Å²) < 4.78 is 27.5. The zero-order valence-corrected chi connectivity index (χ0v) is 16.2. The predicted octanol–water partition coefficient (Wildman–Crippen LogP) is 2.43. The van der Waals surface area contributed by atoms with Gasteiger partial charge in [-0.15, -0.1) is 0 Å². The molecule has 7 nitrogen and oxygen atoms in total. The zero-order chi connectivity index (χ0) is 19.6. The van der Waals surface area contributed by atoms with E-state index < -0.39 is 16.2 Å². The van der Waals surface area contributed by atoms with Gasteiger partial charge in [0.2, 0.25) is 0 Å². The van der Waals surface area contributed by atoms with Gasteiger partial charge in [0.15, 0.2) is 0 Å². The van der Waals surface area contributed by atoms with E-state index in [2.05, 4.69) is 4.98 Å². The number of hydrogen-bond donors (Lipinski definition) is 1. The maximum atomic E-state index is 12.4. The fourth-order valence-electron chi connectivity index (χ4n) is 3.27. The molecule has 1 aliphatic heterocycles. The van der Waals surface area contributed by atoms with Gasteiger partial charge in [-0.2, -0.15) is 17.0 Å². The van der Waals surface area contributed by atoms with Crippen LogP contribution in [0.1, 0.15) is 34.8 Å². The summed E-state index contributed by atoms with van der Waals surface area (Å²) in [7, 11) is -0.344. The molecule has 2 heterocycles. The molecule has 1 unspecified atom stereocenters. The van der Waals surface area contributed by atoms with Crippen LogP contribution in [0, 0.1) is 0 Å². The minimum atomic E-state index is -3.42. The second-order valence-electron chi connectivity index (χ2n) is 6.85. The third-order valence-electron chi connectivity index (χ3n) is 4.82. The van der Waals surface area contributed by atoms with Crippen molar-refractivity contribution in [1.82, 2.24) is 13.6 Å². The number of rotatable bonds is 5. The lowest BCUT2D eigenvalue weighted by molar-refractivity contribution is 0.0697. The molecule has 1 aliphatic rings. The minimum Gasteiger partial charge on any atom is -0.478 e. The average Bonchev–Trinajstić information content (AvgIpc) is 2.68. The van der Waals surface area contributed by atoms with Crippen LogP contribution in [-0.4, -0.2) is 60.3 Å². The van der Waals surface area contributed by atoms with Gasteiger partial charge >= 0.3 is 5.97 Å². The van der Waals surface area contributed by atoms with Crippen molar-refractivity contribution < 1.29 is 18.3 Å². The molecule has 1 fully saturated rings. The van der Waals surface area contributed by atoms with Gasteiger partial charge in [0.25, 0.3) is 10.2 Å². The van der Waals surface area contributed by atoms with E-state index in [1.807, 2.05) is 18.2 Å². The molecule has 1 aromatic heterocycles. The van der Waals surface area contributed by atoms with Crippen molar-refractivity contribution in [2.75, 3.05) is 27.2 Å². The van der Waals surface area contributed by atoms with E-state index in [-0.39, 0.29) is 11.5 Å². The van der Waals surface area contributed by atoms with Crippen LogP contribution < -0.4 is 0 Å². The molecule has 0 radical (unpaired) electrons. The summed E-state index contributed by atoms with van der Waals surface area (Å²) in [5.41, 5.74) is 2.70. The molecular weight excluding hydrogens is 366 g/mol. The van der Waals surface area contributed by atoms with E-state index in [1.54, 1.807) is 24.4 Å². The Morgan fingerprint density at radius 3 is 2.63 bits per heavy atom. The third kappa shape index (κ3) is 4.18. The quantitative estimate of drug-likeness (QED) is 0.848. The lowest BCUT2D eigenvalue weighted by atomic mass is 9.95. The molecule has 144 valence electrons. The largest absolute Gasteiger partial charge is 0.478 e. The first-order valence-corrected chi connectivity index (χ1v) is 10.2. The van der Waals surface area contributed by atoms with Crippen molar-refractivity contribution in [3.05, 3.63) is 53.9 Å². The first-order valence-electron chi connectivity index (χ1n) is 8.76. The fraction of sp³-hybridized carbons (Fsp3) is 0.368. The summed E-state index contributed by atoms with van der Waals surface area (Å²) in [5, 5.41) is 9.13. The summed E-state index contributed by atoms with van der Waals surface area (Å²) in [4.78, 5) is 15.7. The van der Waals surface area contributed by atoms with Crippen LogP contribution in [0.2, 0.25) is 0 Å². The molecule has 0 bridgehead atoms. The van der Waals surface area contributed by atoms with Gasteiger partial charge < -0.3 is 5.11 Å². The normalized spacial score (nSPS) is 18.6. The van der Waals surface area contributed by atoms with Crippen LogP contribution in [0.25, 0.3) is 11.1 Å². The number of carboxylic acids is 1. The van der Waals surface area contributed by atoms with Gasteiger partial charge in [-0.25, -0.2) is 4.79 Å². The average molecular weight is 389 g/mol. The highest BCUT2D eigenvalue weighted by atomic mass is 32.2. The highest BCUT2D eigenvalue weighted by Crippen LogP contribution is 2.29. The highest BCUT2D eigenvalue weighted by molar-refractivity contribution is 7.86. The topological polar surface area (TPSA) is 90.8 Å². The number of hydrogen-bond acceptors (Lipinski definition) is 4. The molecule has 1 aromatic carbocycles. The van der Waals surface area contributed by atoms with Crippen molar-refractivity contribution in [2.45, 2.75) is 18.8 Å². The Morgan fingerprint density at radius 1 is 1.22 bits per heavy atom. The number of pyridine rings is 1. The number of aromatic nitrogens is 1. The summed E-state index contributed by atoms with van der Waals surface area (Å²) >= 11 is 0. The molecule has 0 amide bonds. The molecule has 1 N–H and O–H groups in total. The molecule has 27 heavy (non-hydrogen) atoms. The van der Waals surface area contributed by atoms with E-state index in [4.69, 9.17) is 5.11 Å². The van der Waals surface area contributed by atoms with Gasteiger partial charge in [-0.3, -0.25) is 4.98 Å². The van der Waals surface area contributed by atoms with Crippen LogP contribution in [0.5, 0.6) is 0 Å². The molecule has 1 saturated heterocycles. The molecule has 0 aliphatic carbocycles. The van der Waals surface area contributed by atoms with Gasteiger partial charge in [0, 0.05) is 50.6 Å². The molecule has 1 atom stereocenters. The van der Waals surface area contributed by atoms with Crippen LogP contribution in [0.4, 0.5) is 0 Å². The van der Waals surface area contributed by atoms with E-state index >= 15 is 0 Å². The Morgan fingerprint density at radius 2 is 2.00 bits per heavy atom. The maximum Gasteiger partial charge on any atom is 0.335 e. The second-order valence-corrected chi connectivity index (χ2v) is 8.99. The Hall–Kier alpha value is -2.29. The fourth-order valence-corrected chi connectivity index (χ4v) is 4.46. The van der Waals surface area contributed by atoms with E-state index in [0.717, 1.165) is 29.7 Å². The van der Waals surface area contributed by atoms with E-state index in [0.29, 0.717) is 13.1 Å². The lowest BCUT2D eigenvalue weighted by Crippen LogP contribution is -2.45. The Balaban J connectivity index is 1.79. The number of nitrogens with zero attached hydrogens (tertiary/aromatic N) is 3.